The van der Waals surface area contributed by atoms with Crippen LogP contribution in [0.15, 0.2) is 23.8 Å². The Hall–Kier alpha value is -1.29. The van der Waals surface area contributed by atoms with Gasteiger partial charge in [-0.2, -0.15) is 0 Å². The zero-order valence-electron chi connectivity index (χ0n) is 8.84. The van der Waals surface area contributed by atoms with Crippen molar-refractivity contribution in [3.8, 4) is 10.8 Å². The van der Waals surface area contributed by atoms with Gasteiger partial charge in [-0.3, -0.25) is 0 Å². The lowest BCUT2D eigenvalue weighted by atomic mass is 10.1. The molecule has 2 aromatic rings. The van der Waals surface area contributed by atoms with Crippen molar-refractivity contribution in [2.24, 2.45) is 0 Å². The summed E-state index contributed by atoms with van der Waals surface area (Å²) >= 11 is 1.61. The quantitative estimate of drug-likeness (QED) is 0.796. The first-order valence-electron chi connectivity index (χ1n) is 5.04. The van der Waals surface area contributed by atoms with Crippen LogP contribution in [0.4, 0.5) is 0 Å². The molecule has 0 amide bonds. The second-order valence-corrected chi connectivity index (χ2v) is 4.32. The van der Waals surface area contributed by atoms with Crippen molar-refractivity contribution in [1.29, 1.82) is 0 Å². The van der Waals surface area contributed by atoms with Crippen LogP contribution >= 0.6 is 11.3 Å². The van der Waals surface area contributed by atoms with Gasteiger partial charge >= 0.3 is 0 Å². The molecule has 0 saturated heterocycles. The van der Waals surface area contributed by atoms with Crippen molar-refractivity contribution in [3.63, 3.8) is 0 Å². The molecular formula is C11H13N3S. The maximum atomic E-state index is 4.54. The molecule has 1 atom stereocenters. The highest BCUT2D eigenvalue weighted by molar-refractivity contribution is 7.13. The maximum Gasteiger partial charge on any atom is 0.188 e. The minimum absolute atomic E-state index is 0.513. The Morgan fingerprint density at radius 2 is 2.07 bits per heavy atom. The Morgan fingerprint density at radius 1 is 1.33 bits per heavy atom. The Morgan fingerprint density at radius 3 is 2.73 bits per heavy atom. The average Bonchev–Trinajstić information content (AvgIpc) is 2.78. The monoisotopic (exact) mass is 219 g/mol. The number of thiazole rings is 1. The zero-order chi connectivity index (χ0) is 10.7. The van der Waals surface area contributed by atoms with E-state index in [4.69, 9.17) is 0 Å². The first-order chi connectivity index (χ1) is 7.31. The van der Waals surface area contributed by atoms with E-state index in [0.717, 1.165) is 22.9 Å². The molecule has 0 aliphatic heterocycles. The van der Waals surface area contributed by atoms with Gasteiger partial charge in [0.1, 0.15) is 0 Å². The van der Waals surface area contributed by atoms with Crippen LogP contribution in [0.1, 0.15) is 31.9 Å². The molecule has 0 radical (unpaired) electrons. The second kappa shape index (κ2) is 4.49. The summed E-state index contributed by atoms with van der Waals surface area (Å²) in [6, 6.07) is 1.81. The van der Waals surface area contributed by atoms with Crippen LogP contribution in [0.2, 0.25) is 0 Å². The first kappa shape index (κ1) is 10.2. The topological polar surface area (TPSA) is 38.7 Å². The van der Waals surface area contributed by atoms with E-state index in [1.807, 2.05) is 6.07 Å². The number of rotatable bonds is 3. The molecule has 0 aliphatic carbocycles. The standard InChI is InChI=1S/C11H13N3S/c1-3-8(2)9-7-15-11(14-9)10-12-5-4-6-13-10/h4-8H,3H2,1-2H3. The highest BCUT2D eigenvalue weighted by Crippen LogP contribution is 2.25. The van der Waals surface area contributed by atoms with Crippen LogP contribution in [-0.4, -0.2) is 15.0 Å². The summed E-state index contributed by atoms with van der Waals surface area (Å²) in [5.74, 6) is 1.23. The van der Waals surface area contributed by atoms with Crippen LogP contribution in [0, 0.1) is 0 Å². The molecule has 1 unspecified atom stereocenters. The predicted molar refractivity (Wildman–Crippen MR) is 61.8 cm³/mol. The van der Waals surface area contributed by atoms with Crippen molar-refractivity contribution in [1.82, 2.24) is 15.0 Å². The fourth-order valence-electron chi connectivity index (χ4n) is 1.23. The Labute approximate surface area is 93.2 Å². The van der Waals surface area contributed by atoms with E-state index in [1.165, 1.54) is 0 Å². The SMILES string of the molecule is CCC(C)c1csc(-c2ncccn2)n1. The summed E-state index contributed by atoms with van der Waals surface area (Å²) in [4.78, 5) is 12.9. The molecule has 15 heavy (non-hydrogen) atoms. The Kier molecular flexibility index (Phi) is 3.06. The van der Waals surface area contributed by atoms with Gasteiger partial charge in [-0.05, 0) is 18.4 Å². The van der Waals surface area contributed by atoms with E-state index in [0.29, 0.717) is 5.92 Å². The summed E-state index contributed by atoms with van der Waals surface area (Å²) < 4.78 is 0. The number of hydrogen-bond acceptors (Lipinski definition) is 4. The largest absolute Gasteiger partial charge is 0.237 e. The fourth-order valence-corrected chi connectivity index (χ4v) is 2.12. The van der Waals surface area contributed by atoms with Gasteiger partial charge in [0.2, 0.25) is 0 Å². The highest BCUT2D eigenvalue weighted by atomic mass is 32.1. The highest BCUT2D eigenvalue weighted by Gasteiger charge is 2.10. The third kappa shape index (κ3) is 2.21. The number of aromatic nitrogens is 3. The van der Waals surface area contributed by atoms with E-state index in [-0.39, 0.29) is 0 Å². The van der Waals surface area contributed by atoms with Crippen LogP contribution in [-0.2, 0) is 0 Å². The van der Waals surface area contributed by atoms with E-state index >= 15 is 0 Å². The van der Waals surface area contributed by atoms with Crippen molar-refractivity contribution in [2.45, 2.75) is 26.2 Å². The molecule has 0 saturated carbocycles. The second-order valence-electron chi connectivity index (χ2n) is 3.46. The summed E-state index contributed by atoms with van der Waals surface area (Å²) in [5.41, 5.74) is 1.14. The number of hydrogen-bond donors (Lipinski definition) is 0. The van der Waals surface area contributed by atoms with Crippen LogP contribution < -0.4 is 0 Å². The normalized spacial score (nSPS) is 12.7. The van der Waals surface area contributed by atoms with Gasteiger partial charge in [0.05, 0.1) is 5.69 Å². The van der Waals surface area contributed by atoms with Crippen molar-refractivity contribution >= 4 is 11.3 Å². The van der Waals surface area contributed by atoms with Gasteiger partial charge in [0.25, 0.3) is 0 Å². The van der Waals surface area contributed by atoms with Gasteiger partial charge in [-0.1, -0.05) is 13.8 Å². The third-order valence-corrected chi connectivity index (χ3v) is 3.25. The van der Waals surface area contributed by atoms with Crippen LogP contribution in [0.5, 0.6) is 0 Å². The fraction of sp³-hybridized carbons (Fsp3) is 0.364. The summed E-state index contributed by atoms with van der Waals surface area (Å²) in [5, 5.41) is 3.01. The molecule has 0 aromatic carbocycles. The van der Waals surface area contributed by atoms with Crippen LogP contribution in [0.3, 0.4) is 0 Å². The molecule has 0 spiro atoms. The maximum absolute atomic E-state index is 4.54. The first-order valence-corrected chi connectivity index (χ1v) is 5.92. The van der Waals surface area contributed by atoms with Crippen molar-refractivity contribution in [3.05, 3.63) is 29.5 Å². The molecule has 0 aliphatic rings. The molecule has 4 heteroatoms. The number of nitrogens with zero attached hydrogens (tertiary/aromatic N) is 3. The van der Waals surface area contributed by atoms with E-state index in [9.17, 15) is 0 Å². The van der Waals surface area contributed by atoms with Gasteiger partial charge in [0, 0.05) is 17.8 Å². The third-order valence-electron chi connectivity index (χ3n) is 2.40. The summed E-state index contributed by atoms with van der Waals surface area (Å²) in [7, 11) is 0. The average molecular weight is 219 g/mol. The smallest absolute Gasteiger partial charge is 0.188 e. The van der Waals surface area contributed by atoms with Gasteiger partial charge in [0.15, 0.2) is 10.8 Å². The molecule has 0 fully saturated rings. The van der Waals surface area contributed by atoms with Crippen LogP contribution in [0.25, 0.3) is 10.8 Å². The van der Waals surface area contributed by atoms with Crippen molar-refractivity contribution in [2.75, 3.05) is 0 Å². The Balaban J connectivity index is 2.28. The van der Waals surface area contributed by atoms with Gasteiger partial charge in [-0.15, -0.1) is 11.3 Å². The zero-order valence-corrected chi connectivity index (χ0v) is 9.66. The summed E-state index contributed by atoms with van der Waals surface area (Å²) in [6.45, 7) is 4.35. The molecule has 0 bridgehead atoms. The van der Waals surface area contributed by atoms with E-state index < -0.39 is 0 Å². The molecule has 2 heterocycles. The lowest BCUT2D eigenvalue weighted by Gasteiger charge is -2.02. The molecular weight excluding hydrogens is 206 g/mol. The summed E-state index contributed by atoms with van der Waals surface area (Å²) in [6.07, 6.45) is 4.60. The molecule has 0 N–H and O–H groups in total. The lowest BCUT2D eigenvalue weighted by molar-refractivity contribution is 0.714. The molecule has 2 rings (SSSR count). The van der Waals surface area contributed by atoms with Gasteiger partial charge < -0.3 is 0 Å². The van der Waals surface area contributed by atoms with Crippen molar-refractivity contribution < 1.29 is 0 Å². The van der Waals surface area contributed by atoms with Gasteiger partial charge in [-0.25, -0.2) is 15.0 Å². The molecule has 2 aromatic heterocycles. The Bertz CT molecular complexity index is 424. The molecule has 3 nitrogen and oxygen atoms in total. The predicted octanol–water partition coefficient (Wildman–Crippen LogP) is 3.11. The molecule has 78 valence electrons. The minimum atomic E-state index is 0.513. The minimum Gasteiger partial charge on any atom is -0.237 e. The van der Waals surface area contributed by atoms with E-state index in [2.05, 4.69) is 34.2 Å². The lowest BCUT2D eigenvalue weighted by Crippen LogP contribution is -1.92. The van der Waals surface area contributed by atoms with E-state index in [1.54, 1.807) is 23.7 Å².